The van der Waals surface area contributed by atoms with Crippen molar-refractivity contribution in [3.8, 4) is 0 Å². The number of aliphatic imine (C=N–C) groups is 1. The van der Waals surface area contributed by atoms with E-state index in [0.29, 0.717) is 24.8 Å². The normalized spacial score (nSPS) is 18.3. The van der Waals surface area contributed by atoms with Gasteiger partial charge in [0, 0.05) is 38.2 Å². The molecule has 0 spiro atoms. The van der Waals surface area contributed by atoms with Gasteiger partial charge in [0.2, 0.25) is 11.3 Å². The Morgan fingerprint density at radius 2 is 2.03 bits per heavy atom. The number of aromatic nitrogens is 3. The molecule has 2 aromatic heterocycles. The molecule has 4 heterocycles. The highest BCUT2D eigenvalue weighted by atomic mass is 32.2. The predicted molar refractivity (Wildman–Crippen MR) is 128 cm³/mol. The second-order valence-corrected chi connectivity index (χ2v) is 8.45. The lowest BCUT2D eigenvalue weighted by atomic mass is 10.1. The topological polar surface area (TPSA) is 142 Å². The Bertz CT molecular complexity index is 1400. The van der Waals surface area contributed by atoms with Crippen LogP contribution < -0.4 is 21.5 Å². The van der Waals surface area contributed by atoms with Crippen molar-refractivity contribution in [3.63, 3.8) is 0 Å². The number of halogens is 1. The van der Waals surface area contributed by atoms with E-state index in [1.165, 1.54) is 41.0 Å². The SMILES string of the molecule is CCN=C(SC)n1cc(C(=O)O)c(=O)c2c1=NC(N1CC(NC(=O)c3ncccn3)C1)C=C(F)C=2. The number of likely N-dealkylation sites (tertiary alicyclic amines) is 1. The lowest BCUT2D eigenvalue weighted by molar-refractivity contribution is 0.0691. The van der Waals surface area contributed by atoms with Crippen LogP contribution in [0.2, 0.25) is 0 Å². The van der Waals surface area contributed by atoms with E-state index >= 15 is 0 Å². The maximum absolute atomic E-state index is 14.8. The summed E-state index contributed by atoms with van der Waals surface area (Å²) in [7, 11) is 0. The zero-order valence-electron chi connectivity index (χ0n) is 18.9. The van der Waals surface area contributed by atoms with E-state index in [9.17, 15) is 23.9 Å². The molecule has 2 aliphatic rings. The minimum atomic E-state index is -1.43. The fourth-order valence-corrected chi connectivity index (χ4v) is 4.32. The fourth-order valence-electron chi connectivity index (χ4n) is 3.72. The van der Waals surface area contributed by atoms with Gasteiger partial charge in [0.1, 0.15) is 23.0 Å². The summed E-state index contributed by atoms with van der Waals surface area (Å²) in [5.74, 6) is -2.50. The summed E-state index contributed by atoms with van der Waals surface area (Å²) < 4.78 is 16.2. The van der Waals surface area contributed by atoms with Gasteiger partial charge in [-0.3, -0.25) is 24.0 Å². The number of thioether (sulfide) groups is 1. The minimum Gasteiger partial charge on any atom is -0.477 e. The molecule has 11 nitrogen and oxygen atoms in total. The summed E-state index contributed by atoms with van der Waals surface area (Å²) >= 11 is 1.25. The number of hydrogen-bond donors (Lipinski definition) is 2. The van der Waals surface area contributed by atoms with E-state index in [1.807, 2.05) is 11.8 Å². The Hall–Kier alpha value is -3.71. The first-order chi connectivity index (χ1) is 16.8. The molecule has 0 aromatic carbocycles. The fraction of sp³-hybridized carbons (Fsp3) is 0.318. The number of fused-ring (bicyclic) bond motifs is 1. The molecule has 1 saturated heterocycles. The van der Waals surface area contributed by atoms with E-state index in [1.54, 1.807) is 12.3 Å². The molecule has 2 N–H and O–H groups in total. The van der Waals surface area contributed by atoms with E-state index in [4.69, 9.17) is 0 Å². The van der Waals surface area contributed by atoms with Crippen molar-refractivity contribution >= 4 is 34.9 Å². The number of carbonyl (C=O) groups is 2. The Morgan fingerprint density at radius 3 is 2.66 bits per heavy atom. The quantitative estimate of drug-likeness (QED) is 0.419. The van der Waals surface area contributed by atoms with Crippen LogP contribution in [0.4, 0.5) is 4.39 Å². The minimum absolute atomic E-state index is 0.0534. The number of carboxylic acids is 1. The molecule has 2 aromatic rings. The molecule has 4 rings (SSSR count). The molecule has 2 aliphatic heterocycles. The second kappa shape index (κ2) is 10.3. The Morgan fingerprint density at radius 1 is 1.31 bits per heavy atom. The summed E-state index contributed by atoms with van der Waals surface area (Å²) in [6.45, 7) is 2.99. The maximum atomic E-state index is 14.8. The van der Waals surface area contributed by atoms with Gasteiger partial charge in [0.15, 0.2) is 5.17 Å². The van der Waals surface area contributed by atoms with Crippen LogP contribution in [0.3, 0.4) is 0 Å². The van der Waals surface area contributed by atoms with Gasteiger partial charge in [-0.25, -0.2) is 24.1 Å². The average Bonchev–Trinajstić information content (AvgIpc) is 2.99. The monoisotopic (exact) mass is 499 g/mol. The Labute approximate surface area is 202 Å². The first kappa shape index (κ1) is 24.4. The Balaban J connectivity index is 1.68. The molecular formula is C22H22FN7O4S. The summed E-state index contributed by atoms with van der Waals surface area (Å²) in [4.78, 5) is 55.4. The van der Waals surface area contributed by atoms with Crippen molar-refractivity contribution in [2.75, 3.05) is 25.9 Å². The molecular weight excluding hydrogens is 477 g/mol. The summed E-state index contributed by atoms with van der Waals surface area (Å²) in [5, 5.41) is 12.6. The van der Waals surface area contributed by atoms with Crippen LogP contribution in [0.25, 0.3) is 6.08 Å². The summed E-state index contributed by atoms with van der Waals surface area (Å²) in [6.07, 6.45) is 7.35. The summed E-state index contributed by atoms with van der Waals surface area (Å²) in [5.41, 5.74) is -1.22. The number of pyridine rings is 1. The van der Waals surface area contributed by atoms with Crippen LogP contribution in [-0.2, 0) is 0 Å². The van der Waals surface area contributed by atoms with E-state index < -0.39 is 34.9 Å². The molecule has 1 atom stereocenters. The number of carbonyl (C=O) groups excluding carboxylic acids is 1. The lowest BCUT2D eigenvalue weighted by Gasteiger charge is -2.41. The van der Waals surface area contributed by atoms with Gasteiger partial charge in [0.25, 0.3) is 5.91 Å². The highest BCUT2D eigenvalue weighted by Crippen LogP contribution is 2.17. The van der Waals surface area contributed by atoms with Crippen molar-refractivity contribution in [2.45, 2.75) is 19.1 Å². The van der Waals surface area contributed by atoms with Crippen molar-refractivity contribution in [2.24, 2.45) is 9.98 Å². The maximum Gasteiger partial charge on any atom is 0.341 e. The van der Waals surface area contributed by atoms with Crippen molar-refractivity contribution < 1.29 is 19.1 Å². The Kier molecular flexibility index (Phi) is 7.17. The van der Waals surface area contributed by atoms with Crippen LogP contribution in [-0.4, -0.2) is 79.7 Å². The number of nitrogens with one attached hydrogen (secondary N) is 1. The van der Waals surface area contributed by atoms with Gasteiger partial charge in [-0.05, 0) is 31.4 Å². The number of carboxylic acid groups (broad SMARTS) is 1. The molecule has 13 heteroatoms. The average molecular weight is 500 g/mol. The molecule has 0 aliphatic carbocycles. The smallest absolute Gasteiger partial charge is 0.341 e. The van der Waals surface area contributed by atoms with E-state index in [2.05, 4.69) is 25.3 Å². The molecule has 0 saturated carbocycles. The highest BCUT2D eigenvalue weighted by Gasteiger charge is 2.34. The molecule has 1 fully saturated rings. The number of hydrogen-bond acceptors (Lipinski definition) is 9. The zero-order chi connectivity index (χ0) is 25.1. The van der Waals surface area contributed by atoms with Crippen LogP contribution in [0, 0.1) is 0 Å². The van der Waals surface area contributed by atoms with E-state index in [-0.39, 0.29) is 22.6 Å². The molecule has 182 valence electrons. The largest absolute Gasteiger partial charge is 0.477 e. The van der Waals surface area contributed by atoms with Gasteiger partial charge in [-0.1, -0.05) is 11.8 Å². The van der Waals surface area contributed by atoms with Crippen molar-refractivity contribution in [1.29, 1.82) is 0 Å². The molecule has 0 radical (unpaired) electrons. The lowest BCUT2D eigenvalue weighted by Crippen LogP contribution is -2.62. The van der Waals surface area contributed by atoms with Crippen LogP contribution in [0.1, 0.15) is 27.9 Å². The third kappa shape index (κ3) is 5.05. The molecule has 1 amide bonds. The number of aromatic carboxylic acids is 1. The van der Waals surface area contributed by atoms with Crippen LogP contribution in [0.15, 0.2) is 51.3 Å². The standard InChI is InChI=1S/C22H22FN7O4S/c1-3-24-22(35-2)30-11-15(21(33)34)17(31)14-7-12(23)8-16(28-19(14)30)29-9-13(10-29)27-20(32)18-25-5-4-6-26-18/h4-8,11,13,16H,3,9-10H2,1-2H3,(H,27,32)(H,33,34). The van der Waals surface area contributed by atoms with Crippen LogP contribution >= 0.6 is 11.8 Å². The van der Waals surface area contributed by atoms with Crippen molar-refractivity contribution in [1.82, 2.24) is 24.8 Å². The second-order valence-electron chi connectivity index (χ2n) is 7.68. The number of nitrogens with zero attached hydrogens (tertiary/aromatic N) is 6. The zero-order valence-corrected chi connectivity index (χ0v) is 19.7. The van der Waals surface area contributed by atoms with Gasteiger partial charge in [-0.2, -0.15) is 0 Å². The molecule has 0 bridgehead atoms. The predicted octanol–water partition coefficient (Wildman–Crippen LogP) is -0.369. The first-order valence-electron chi connectivity index (χ1n) is 10.7. The number of rotatable bonds is 5. The van der Waals surface area contributed by atoms with Gasteiger partial charge in [0.05, 0.1) is 11.3 Å². The number of allylic oxidation sites excluding steroid dienone is 1. The first-order valence-corrected chi connectivity index (χ1v) is 11.9. The van der Waals surface area contributed by atoms with Gasteiger partial charge < -0.3 is 10.4 Å². The van der Waals surface area contributed by atoms with Gasteiger partial charge in [-0.15, -0.1) is 0 Å². The molecule has 1 unspecified atom stereocenters. The van der Waals surface area contributed by atoms with E-state index in [0.717, 1.165) is 6.08 Å². The molecule has 35 heavy (non-hydrogen) atoms. The highest BCUT2D eigenvalue weighted by molar-refractivity contribution is 8.13. The summed E-state index contributed by atoms with van der Waals surface area (Å²) in [6, 6.07) is 1.39. The van der Waals surface area contributed by atoms with Gasteiger partial charge >= 0.3 is 5.97 Å². The third-order valence-corrected chi connectivity index (χ3v) is 6.05. The van der Waals surface area contributed by atoms with Crippen LogP contribution in [0.5, 0.6) is 0 Å². The van der Waals surface area contributed by atoms with Crippen molar-refractivity contribution in [3.05, 3.63) is 68.9 Å². The third-order valence-electron chi connectivity index (χ3n) is 5.36. The number of amides is 1.